The molecular weight excluding hydrogens is 767 g/mol. The number of amides is 1. The van der Waals surface area contributed by atoms with E-state index in [1.165, 1.54) is 225 Å². The van der Waals surface area contributed by atoms with E-state index in [-0.39, 0.29) is 0 Å². The average Bonchev–Trinajstić information content (AvgIpc) is 3.28. The first-order chi connectivity index (χ1) is 30.5. The summed E-state index contributed by atoms with van der Waals surface area (Å²) in [5.41, 5.74) is 0. The van der Waals surface area contributed by atoms with E-state index in [9.17, 15) is 25.2 Å². The Hall–Kier alpha value is -1.21. The molecule has 0 aromatic carbocycles. The van der Waals surface area contributed by atoms with E-state index in [4.69, 9.17) is 0 Å². The SMILES string of the molecule is CCCCCCCC/C=C\CCCCCCCCC(O)C(=O)NC(CO)C(O)C(O)CCC/C=C/CCCCCCCCCCCCCCCCCCCCCCCCCCC. The number of aliphatic hydroxyl groups excluding tert-OH is 4. The molecule has 0 radical (unpaired) electrons. The maximum Gasteiger partial charge on any atom is 0.249 e. The molecule has 0 rings (SSSR count). The van der Waals surface area contributed by atoms with Gasteiger partial charge in [-0.3, -0.25) is 4.79 Å². The number of carbonyl (C=O) groups excluding carboxylic acids is 1. The molecule has 0 aliphatic heterocycles. The number of hydrogen-bond donors (Lipinski definition) is 5. The van der Waals surface area contributed by atoms with Crippen LogP contribution in [0.25, 0.3) is 0 Å². The minimum absolute atomic E-state index is 0.357. The van der Waals surface area contributed by atoms with Crippen LogP contribution >= 0.6 is 0 Å². The highest BCUT2D eigenvalue weighted by atomic mass is 16.3. The van der Waals surface area contributed by atoms with Crippen molar-refractivity contribution in [1.29, 1.82) is 0 Å². The summed E-state index contributed by atoms with van der Waals surface area (Å²) in [5, 5.41) is 43.9. The van der Waals surface area contributed by atoms with Crippen molar-refractivity contribution in [3.8, 4) is 0 Å². The molecule has 4 atom stereocenters. The van der Waals surface area contributed by atoms with Crippen molar-refractivity contribution in [2.75, 3.05) is 6.61 Å². The fourth-order valence-corrected chi connectivity index (χ4v) is 8.75. The van der Waals surface area contributed by atoms with Gasteiger partial charge in [0.1, 0.15) is 12.2 Å². The topological polar surface area (TPSA) is 110 Å². The molecule has 0 aliphatic carbocycles. The van der Waals surface area contributed by atoms with Crippen LogP contribution in [-0.2, 0) is 4.79 Å². The lowest BCUT2D eigenvalue weighted by Crippen LogP contribution is -2.53. The number of aliphatic hydroxyl groups is 4. The van der Waals surface area contributed by atoms with E-state index in [2.05, 4.69) is 43.5 Å². The van der Waals surface area contributed by atoms with Gasteiger partial charge < -0.3 is 25.7 Å². The van der Waals surface area contributed by atoms with Gasteiger partial charge in [-0.1, -0.05) is 256 Å². The Morgan fingerprint density at radius 2 is 0.661 bits per heavy atom. The van der Waals surface area contributed by atoms with Gasteiger partial charge in [-0.2, -0.15) is 0 Å². The van der Waals surface area contributed by atoms with Crippen molar-refractivity contribution in [3.63, 3.8) is 0 Å². The zero-order chi connectivity index (χ0) is 45.2. The second-order valence-electron chi connectivity index (χ2n) is 19.3. The van der Waals surface area contributed by atoms with E-state index in [1.807, 2.05) is 0 Å². The van der Waals surface area contributed by atoms with Crippen LogP contribution in [0.4, 0.5) is 0 Å². The number of allylic oxidation sites excluding steroid dienone is 4. The fraction of sp³-hybridized carbons (Fsp3) is 0.911. The first kappa shape index (κ1) is 60.8. The van der Waals surface area contributed by atoms with Crippen molar-refractivity contribution in [2.24, 2.45) is 0 Å². The smallest absolute Gasteiger partial charge is 0.249 e. The fourth-order valence-electron chi connectivity index (χ4n) is 8.75. The normalized spacial score (nSPS) is 14.0. The van der Waals surface area contributed by atoms with Crippen molar-refractivity contribution in [1.82, 2.24) is 5.32 Å². The lowest BCUT2D eigenvalue weighted by Gasteiger charge is -2.27. The molecule has 1 amide bonds. The molecule has 0 heterocycles. The summed E-state index contributed by atoms with van der Waals surface area (Å²) in [6.45, 7) is 4.06. The van der Waals surface area contributed by atoms with Gasteiger partial charge in [0, 0.05) is 0 Å². The number of unbranched alkanes of at least 4 members (excludes halogenated alkanes) is 38. The van der Waals surface area contributed by atoms with E-state index in [0.29, 0.717) is 12.8 Å². The molecule has 0 saturated heterocycles. The predicted molar refractivity (Wildman–Crippen MR) is 270 cm³/mol. The number of carbonyl (C=O) groups is 1. The second kappa shape index (κ2) is 50.8. The summed E-state index contributed by atoms with van der Waals surface area (Å²) in [4.78, 5) is 12.5. The van der Waals surface area contributed by atoms with Gasteiger partial charge in [0.25, 0.3) is 0 Å². The Labute approximate surface area is 386 Å². The summed E-state index contributed by atoms with van der Waals surface area (Å²) in [7, 11) is 0. The van der Waals surface area contributed by atoms with Gasteiger partial charge in [-0.25, -0.2) is 0 Å². The molecule has 5 N–H and O–H groups in total. The van der Waals surface area contributed by atoms with E-state index in [0.717, 1.165) is 44.9 Å². The highest BCUT2D eigenvalue weighted by molar-refractivity contribution is 5.80. The molecule has 0 aliphatic rings. The molecule has 0 bridgehead atoms. The summed E-state index contributed by atoms with van der Waals surface area (Å²) in [6.07, 6.45) is 61.1. The zero-order valence-corrected chi connectivity index (χ0v) is 41.6. The van der Waals surface area contributed by atoms with Crippen LogP contribution in [0.2, 0.25) is 0 Å². The van der Waals surface area contributed by atoms with Crippen LogP contribution in [0, 0.1) is 0 Å². The lowest BCUT2D eigenvalue weighted by molar-refractivity contribution is -0.132. The maximum atomic E-state index is 12.5. The highest BCUT2D eigenvalue weighted by Gasteiger charge is 2.28. The third-order valence-electron chi connectivity index (χ3n) is 13.1. The van der Waals surface area contributed by atoms with Gasteiger partial charge in [-0.15, -0.1) is 0 Å². The maximum absolute atomic E-state index is 12.5. The Kier molecular flexibility index (Phi) is 49.8. The van der Waals surface area contributed by atoms with E-state index in [1.54, 1.807) is 0 Å². The highest BCUT2D eigenvalue weighted by Crippen LogP contribution is 2.17. The Balaban J connectivity index is 3.62. The predicted octanol–water partition coefficient (Wildman–Crippen LogP) is 15.9. The van der Waals surface area contributed by atoms with Crippen LogP contribution in [0.3, 0.4) is 0 Å². The average molecular weight is 876 g/mol. The number of rotatable bonds is 51. The van der Waals surface area contributed by atoms with Gasteiger partial charge in [0.15, 0.2) is 0 Å². The molecule has 62 heavy (non-hydrogen) atoms. The van der Waals surface area contributed by atoms with E-state index < -0.39 is 36.9 Å². The van der Waals surface area contributed by atoms with Crippen molar-refractivity contribution >= 4 is 5.91 Å². The summed E-state index contributed by atoms with van der Waals surface area (Å²) < 4.78 is 0. The van der Waals surface area contributed by atoms with Gasteiger partial charge in [0.2, 0.25) is 5.91 Å². The Morgan fingerprint density at radius 1 is 0.387 bits per heavy atom. The summed E-state index contributed by atoms with van der Waals surface area (Å²) >= 11 is 0. The van der Waals surface area contributed by atoms with Crippen molar-refractivity contribution < 1.29 is 25.2 Å². The quantitative estimate of drug-likeness (QED) is 0.0309. The molecule has 6 nitrogen and oxygen atoms in total. The molecule has 0 aromatic heterocycles. The standard InChI is InChI=1S/C56H109NO5/c1-3-5-7-9-11-13-15-17-19-21-22-23-24-25-26-27-28-29-30-31-32-33-34-36-37-39-41-43-45-47-49-53(59)55(61)52(51-58)57-56(62)54(60)50-48-46-44-42-40-38-35-20-18-16-14-12-10-8-6-4-2/h18,20,41,43,52-55,58-61H,3-17,19,21-40,42,44-51H2,1-2H3,(H,57,62)/b20-18-,43-41+. The second-order valence-corrected chi connectivity index (χ2v) is 19.3. The van der Waals surface area contributed by atoms with Crippen molar-refractivity contribution in [2.45, 2.75) is 321 Å². The van der Waals surface area contributed by atoms with Crippen LogP contribution in [-0.4, -0.2) is 57.3 Å². The molecule has 0 saturated carbocycles. The summed E-state index contributed by atoms with van der Waals surface area (Å²) in [5.74, 6) is -0.595. The number of hydrogen-bond acceptors (Lipinski definition) is 5. The lowest BCUT2D eigenvalue weighted by atomic mass is 10.00. The van der Waals surface area contributed by atoms with Gasteiger partial charge >= 0.3 is 0 Å². The minimum Gasteiger partial charge on any atom is -0.394 e. The van der Waals surface area contributed by atoms with Crippen molar-refractivity contribution in [3.05, 3.63) is 24.3 Å². The van der Waals surface area contributed by atoms with Gasteiger partial charge in [0.05, 0.1) is 18.8 Å². The molecule has 368 valence electrons. The Morgan fingerprint density at radius 3 is 0.968 bits per heavy atom. The molecular formula is C56H109NO5. The molecule has 0 aromatic rings. The first-order valence-corrected chi connectivity index (χ1v) is 27.7. The van der Waals surface area contributed by atoms with Crippen LogP contribution in [0.5, 0.6) is 0 Å². The molecule has 0 spiro atoms. The first-order valence-electron chi connectivity index (χ1n) is 27.7. The largest absolute Gasteiger partial charge is 0.394 e. The zero-order valence-electron chi connectivity index (χ0n) is 41.6. The third kappa shape index (κ3) is 44.0. The van der Waals surface area contributed by atoms with E-state index >= 15 is 0 Å². The molecule has 6 heteroatoms. The van der Waals surface area contributed by atoms with Gasteiger partial charge in [-0.05, 0) is 64.2 Å². The summed E-state index contributed by atoms with van der Waals surface area (Å²) in [6, 6.07) is -1.00. The monoisotopic (exact) mass is 876 g/mol. The van der Waals surface area contributed by atoms with Crippen LogP contribution in [0.1, 0.15) is 296 Å². The number of nitrogens with one attached hydrogen (secondary N) is 1. The molecule has 4 unspecified atom stereocenters. The third-order valence-corrected chi connectivity index (χ3v) is 13.1. The van der Waals surface area contributed by atoms with Crippen LogP contribution < -0.4 is 5.32 Å². The Bertz CT molecular complexity index is 939. The molecule has 0 fully saturated rings. The van der Waals surface area contributed by atoms with Crippen LogP contribution in [0.15, 0.2) is 24.3 Å². The minimum atomic E-state index is -1.28.